The van der Waals surface area contributed by atoms with Gasteiger partial charge in [-0.05, 0) is 24.5 Å². The molecule has 4 atom stereocenters. The second kappa shape index (κ2) is 8.34. The van der Waals surface area contributed by atoms with Crippen molar-refractivity contribution in [1.29, 1.82) is 0 Å². The quantitative estimate of drug-likeness (QED) is 0.720. The largest absolute Gasteiger partial charge is 0.441 e. The molecule has 0 bridgehead atoms. The molecule has 3 fully saturated rings. The van der Waals surface area contributed by atoms with E-state index >= 15 is 0 Å². The van der Waals surface area contributed by atoms with Crippen molar-refractivity contribution in [1.82, 2.24) is 15.6 Å². The van der Waals surface area contributed by atoms with Crippen LogP contribution in [0.2, 0.25) is 0 Å². The summed E-state index contributed by atoms with van der Waals surface area (Å²) < 4.78 is 17.6. The van der Waals surface area contributed by atoms with Crippen LogP contribution in [-0.2, 0) is 20.8 Å². The van der Waals surface area contributed by atoms with Crippen LogP contribution in [-0.4, -0.2) is 54.7 Å². The Morgan fingerprint density at radius 2 is 1.93 bits per heavy atom. The second-order valence-electron chi connectivity index (χ2n) is 8.37. The molecule has 5 rings (SSSR count). The minimum atomic E-state index is -0.344. The Kier molecular flexibility index (Phi) is 5.44. The molecule has 1 amide bonds. The van der Waals surface area contributed by atoms with E-state index in [2.05, 4.69) is 33.8 Å². The molecule has 2 saturated heterocycles. The van der Waals surface area contributed by atoms with Crippen molar-refractivity contribution in [2.45, 2.75) is 69.0 Å². The third kappa shape index (κ3) is 3.99. The average molecular weight is 399 g/mol. The van der Waals surface area contributed by atoms with E-state index in [-0.39, 0.29) is 36.5 Å². The summed E-state index contributed by atoms with van der Waals surface area (Å²) in [6, 6.07) is 8.61. The minimum Gasteiger partial charge on any atom is -0.441 e. The van der Waals surface area contributed by atoms with Gasteiger partial charge in [0.15, 0.2) is 6.10 Å². The lowest BCUT2D eigenvalue weighted by atomic mass is 9.96. The molecule has 3 aliphatic rings. The minimum absolute atomic E-state index is 0.0867. The van der Waals surface area contributed by atoms with Crippen LogP contribution in [0.15, 0.2) is 30.5 Å². The van der Waals surface area contributed by atoms with Gasteiger partial charge in [-0.25, -0.2) is 4.79 Å². The molecule has 3 heterocycles. The van der Waals surface area contributed by atoms with E-state index in [4.69, 9.17) is 14.2 Å². The predicted octanol–water partition coefficient (Wildman–Crippen LogP) is 2.85. The van der Waals surface area contributed by atoms with Gasteiger partial charge < -0.3 is 29.8 Å². The number of aromatic amines is 1. The first-order valence-electron chi connectivity index (χ1n) is 10.8. The van der Waals surface area contributed by atoms with Gasteiger partial charge in [0.05, 0.1) is 19.3 Å². The zero-order valence-corrected chi connectivity index (χ0v) is 16.6. The molecule has 2 aromatic rings. The molecule has 1 aromatic carbocycles. The van der Waals surface area contributed by atoms with E-state index in [1.165, 1.54) is 30.2 Å². The summed E-state index contributed by atoms with van der Waals surface area (Å²) in [5.41, 5.74) is 2.36. The highest BCUT2D eigenvalue weighted by molar-refractivity contribution is 5.82. The Bertz CT molecular complexity index is 847. The number of carbonyl (C=O) groups excluding carboxylic acids is 1. The van der Waals surface area contributed by atoms with E-state index in [1.54, 1.807) is 0 Å². The van der Waals surface area contributed by atoms with Gasteiger partial charge >= 0.3 is 6.09 Å². The summed E-state index contributed by atoms with van der Waals surface area (Å²) in [4.78, 5) is 15.6. The first-order chi connectivity index (χ1) is 14.3. The number of nitrogens with one attached hydrogen (secondary N) is 3. The summed E-state index contributed by atoms with van der Waals surface area (Å²) in [5.74, 6) is 0. The number of H-pyrrole nitrogens is 1. The molecule has 156 valence electrons. The van der Waals surface area contributed by atoms with Crippen molar-refractivity contribution < 1.29 is 19.0 Å². The summed E-state index contributed by atoms with van der Waals surface area (Å²) in [6.45, 7) is 1.68. The molecule has 3 N–H and O–H groups in total. The molecule has 0 unspecified atom stereocenters. The maximum Gasteiger partial charge on any atom is 0.407 e. The molecule has 1 aliphatic carbocycles. The molecule has 0 radical (unpaired) electrons. The number of fused-ring (bicyclic) bond motifs is 2. The number of ether oxygens (including phenoxy) is 3. The van der Waals surface area contributed by atoms with E-state index in [0.29, 0.717) is 13.2 Å². The SMILES string of the molecule is O=C(NC1CCCCC1)O[C@@H]1CO[C@H]2[C@@H]1OC[C@@H]2NCc1c[nH]c2ccccc12. The van der Waals surface area contributed by atoms with Crippen LogP contribution in [0.5, 0.6) is 0 Å². The van der Waals surface area contributed by atoms with Crippen molar-refractivity contribution in [2.75, 3.05) is 13.2 Å². The third-order valence-electron chi connectivity index (χ3n) is 6.42. The van der Waals surface area contributed by atoms with Crippen LogP contribution in [0.1, 0.15) is 37.7 Å². The Hall–Kier alpha value is -2.09. The van der Waals surface area contributed by atoms with Crippen molar-refractivity contribution in [2.24, 2.45) is 0 Å². The van der Waals surface area contributed by atoms with E-state index in [0.717, 1.165) is 24.9 Å². The van der Waals surface area contributed by atoms with Gasteiger partial charge in [-0.2, -0.15) is 0 Å². The zero-order valence-electron chi connectivity index (χ0n) is 16.6. The number of aromatic nitrogens is 1. The third-order valence-corrected chi connectivity index (χ3v) is 6.42. The fraction of sp³-hybridized carbons (Fsp3) is 0.591. The summed E-state index contributed by atoms with van der Waals surface area (Å²) in [6.07, 6.45) is 6.76. The Morgan fingerprint density at radius 3 is 2.83 bits per heavy atom. The molecular weight excluding hydrogens is 370 g/mol. The maximum atomic E-state index is 12.3. The molecule has 0 spiro atoms. The van der Waals surface area contributed by atoms with Crippen molar-refractivity contribution in [3.05, 3.63) is 36.0 Å². The predicted molar refractivity (Wildman–Crippen MR) is 109 cm³/mol. The first-order valence-corrected chi connectivity index (χ1v) is 10.8. The molecular formula is C22H29N3O4. The lowest BCUT2D eigenvalue weighted by molar-refractivity contribution is 0.00252. The number of amides is 1. The topological polar surface area (TPSA) is 84.6 Å². The van der Waals surface area contributed by atoms with Gasteiger partial charge in [0.1, 0.15) is 12.2 Å². The van der Waals surface area contributed by atoms with Gasteiger partial charge in [0, 0.05) is 29.7 Å². The fourth-order valence-electron chi connectivity index (χ4n) is 4.84. The van der Waals surface area contributed by atoms with Gasteiger partial charge in [-0.3, -0.25) is 0 Å². The summed E-state index contributed by atoms with van der Waals surface area (Å²) in [7, 11) is 0. The van der Waals surface area contributed by atoms with Crippen LogP contribution in [0.3, 0.4) is 0 Å². The molecule has 29 heavy (non-hydrogen) atoms. The Balaban J connectivity index is 1.13. The zero-order chi connectivity index (χ0) is 19.6. The summed E-state index contributed by atoms with van der Waals surface area (Å²) >= 11 is 0. The molecule has 1 saturated carbocycles. The number of carbonyl (C=O) groups is 1. The second-order valence-corrected chi connectivity index (χ2v) is 8.37. The van der Waals surface area contributed by atoms with Crippen LogP contribution in [0.25, 0.3) is 10.9 Å². The standard InChI is InChI=1S/C22H29N3O4/c26-22(25-15-6-2-1-3-7-15)29-19-13-28-20-18(12-27-21(19)20)24-11-14-10-23-17-9-5-4-8-16(14)17/h4-5,8-10,15,18-21,23-24H,1-3,6-7,11-13H2,(H,25,26)/t18-,19+,20+,21+/m0/s1. The van der Waals surface area contributed by atoms with Crippen LogP contribution < -0.4 is 10.6 Å². The Labute approximate surface area is 170 Å². The number of rotatable bonds is 5. The molecule has 7 heteroatoms. The van der Waals surface area contributed by atoms with Gasteiger partial charge in [-0.15, -0.1) is 0 Å². The van der Waals surface area contributed by atoms with Gasteiger partial charge in [0.2, 0.25) is 0 Å². The average Bonchev–Trinajstić information content (AvgIpc) is 3.44. The number of hydrogen-bond acceptors (Lipinski definition) is 5. The van der Waals surface area contributed by atoms with E-state index < -0.39 is 0 Å². The van der Waals surface area contributed by atoms with E-state index in [9.17, 15) is 4.79 Å². The van der Waals surface area contributed by atoms with Crippen molar-refractivity contribution >= 4 is 17.0 Å². The van der Waals surface area contributed by atoms with Crippen molar-refractivity contribution in [3.8, 4) is 0 Å². The van der Waals surface area contributed by atoms with Crippen LogP contribution in [0, 0.1) is 0 Å². The number of para-hydroxylation sites is 1. The normalized spacial score (nSPS) is 29.8. The van der Waals surface area contributed by atoms with Gasteiger partial charge in [0.25, 0.3) is 0 Å². The maximum absolute atomic E-state index is 12.3. The highest BCUT2D eigenvalue weighted by Crippen LogP contribution is 2.30. The smallest absolute Gasteiger partial charge is 0.407 e. The van der Waals surface area contributed by atoms with Crippen LogP contribution >= 0.6 is 0 Å². The van der Waals surface area contributed by atoms with Crippen molar-refractivity contribution in [3.63, 3.8) is 0 Å². The summed E-state index contributed by atoms with van der Waals surface area (Å²) in [5, 5.41) is 7.79. The molecule has 1 aromatic heterocycles. The lowest BCUT2D eigenvalue weighted by Crippen LogP contribution is -2.43. The number of benzene rings is 1. The molecule has 7 nitrogen and oxygen atoms in total. The first kappa shape index (κ1) is 18.9. The van der Waals surface area contributed by atoms with Gasteiger partial charge in [-0.1, -0.05) is 37.5 Å². The Morgan fingerprint density at radius 1 is 1.10 bits per heavy atom. The highest BCUT2D eigenvalue weighted by atomic mass is 16.6. The fourth-order valence-corrected chi connectivity index (χ4v) is 4.84. The lowest BCUT2D eigenvalue weighted by Gasteiger charge is -2.24. The number of hydrogen-bond donors (Lipinski definition) is 3. The van der Waals surface area contributed by atoms with E-state index in [1.807, 2.05) is 12.3 Å². The number of alkyl carbamates (subject to hydrolysis) is 1. The monoisotopic (exact) mass is 399 g/mol. The highest BCUT2D eigenvalue weighted by Gasteiger charge is 2.49. The molecule has 2 aliphatic heterocycles. The van der Waals surface area contributed by atoms with Crippen LogP contribution in [0.4, 0.5) is 4.79 Å².